The second-order valence-corrected chi connectivity index (χ2v) is 3.91. The van der Waals surface area contributed by atoms with Gasteiger partial charge in [-0.25, -0.2) is 10.5 Å². The molecular weight excluding hydrogens is 266 g/mol. The van der Waals surface area contributed by atoms with E-state index >= 15 is 0 Å². The fraction of sp³-hybridized carbons (Fsp3) is 0.727. The third kappa shape index (κ3) is 6.57. The van der Waals surface area contributed by atoms with E-state index in [0.717, 1.165) is 6.42 Å². The number of aromatic nitrogens is 3. The molecule has 0 saturated heterocycles. The third-order valence-electron chi connectivity index (χ3n) is 2.38. The Morgan fingerprint density at radius 3 is 2.75 bits per heavy atom. The summed E-state index contributed by atoms with van der Waals surface area (Å²) in [6.07, 6.45) is 2.33. The number of ether oxygens (including phenoxy) is 3. The number of nitrogens with two attached hydrogens (primary N) is 1. The van der Waals surface area contributed by atoms with Crippen LogP contribution in [0.15, 0.2) is 6.20 Å². The van der Waals surface area contributed by atoms with Crippen molar-refractivity contribution in [2.75, 3.05) is 40.1 Å². The fourth-order valence-electron chi connectivity index (χ4n) is 1.35. The van der Waals surface area contributed by atoms with Gasteiger partial charge in [-0.1, -0.05) is 5.21 Å². The molecule has 0 spiro atoms. The van der Waals surface area contributed by atoms with Crippen molar-refractivity contribution in [2.24, 2.45) is 5.84 Å². The smallest absolute Gasteiger partial charge is 0.287 e. The lowest BCUT2D eigenvalue weighted by atomic mass is 10.4. The lowest BCUT2D eigenvalue weighted by molar-refractivity contribution is 0.0497. The zero-order chi connectivity index (χ0) is 14.6. The van der Waals surface area contributed by atoms with E-state index in [1.165, 1.54) is 10.9 Å². The minimum absolute atomic E-state index is 0.180. The summed E-state index contributed by atoms with van der Waals surface area (Å²) in [5, 5.41) is 7.46. The molecule has 0 unspecified atom stereocenters. The molecule has 0 aromatic carbocycles. The predicted molar refractivity (Wildman–Crippen MR) is 69.8 cm³/mol. The maximum absolute atomic E-state index is 11.1. The van der Waals surface area contributed by atoms with Gasteiger partial charge in [0.25, 0.3) is 5.91 Å². The number of nitrogens with one attached hydrogen (secondary N) is 1. The molecule has 0 radical (unpaired) electrons. The molecule has 9 nitrogen and oxygen atoms in total. The average molecular weight is 287 g/mol. The summed E-state index contributed by atoms with van der Waals surface area (Å²) >= 11 is 0. The molecule has 0 atom stereocenters. The van der Waals surface area contributed by atoms with Gasteiger partial charge in [0.15, 0.2) is 5.69 Å². The van der Waals surface area contributed by atoms with Gasteiger partial charge in [-0.3, -0.25) is 10.2 Å². The second kappa shape index (κ2) is 10.3. The molecule has 3 N–H and O–H groups in total. The number of nitrogens with zero attached hydrogens (tertiary/aromatic N) is 3. The van der Waals surface area contributed by atoms with Crippen LogP contribution in [0.2, 0.25) is 0 Å². The van der Waals surface area contributed by atoms with Gasteiger partial charge < -0.3 is 14.2 Å². The van der Waals surface area contributed by atoms with E-state index in [4.69, 9.17) is 20.1 Å². The largest absolute Gasteiger partial charge is 0.382 e. The number of hydrazine groups is 1. The Morgan fingerprint density at radius 2 is 2.05 bits per heavy atom. The fourth-order valence-corrected chi connectivity index (χ4v) is 1.35. The number of hydrogen-bond acceptors (Lipinski definition) is 7. The van der Waals surface area contributed by atoms with Crippen LogP contribution in [0.4, 0.5) is 0 Å². The maximum Gasteiger partial charge on any atom is 0.287 e. The number of hydrogen-bond donors (Lipinski definition) is 2. The van der Waals surface area contributed by atoms with Gasteiger partial charge >= 0.3 is 0 Å². The Balaban J connectivity index is 2.01. The third-order valence-corrected chi connectivity index (χ3v) is 2.38. The zero-order valence-electron chi connectivity index (χ0n) is 11.6. The molecule has 0 aliphatic heterocycles. The van der Waals surface area contributed by atoms with Crippen LogP contribution in [0.1, 0.15) is 16.9 Å². The number of amides is 1. The maximum atomic E-state index is 11.1. The first-order valence-corrected chi connectivity index (χ1v) is 6.33. The van der Waals surface area contributed by atoms with E-state index < -0.39 is 5.91 Å². The quantitative estimate of drug-likeness (QED) is 0.231. The van der Waals surface area contributed by atoms with Gasteiger partial charge in [0, 0.05) is 20.3 Å². The number of carbonyl (C=O) groups is 1. The summed E-state index contributed by atoms with van der Waals surface area (Å²) in [4.78, 5) is 11.1. The van der Waals surface area contributed by atoms with Crippen molar-refractivity contribution in [2.45, 2.75) is 13.0 Å². The summed E-state index contributed by atoms with van der Waals surface area (Å²) < 4.78 is 17.1. The van der Waals surface area contributed by atoms with Gasteiger partial charge in [-0.05, 0) is 6.42 Å². The van der Waals surface area contributed by atoms with Crippen molar-refractivity contribution in [3.8, 4) is 0 Å². The van der Waals surface area contributed by atoms with Crippen LogP contribution >= 0.6 is 0 Å². The van der Waals surface area contributed by atoms with Crippen LogP contribution in [0.25, 0.3) is 0 Å². The minimum Gasteiger partial charge on any atom is -0.382 e. The molecule has 1 aromatic rings. The lowest BCUT2D eigenvalue weighted by Gasteiger charge is -2.05. The molecule has 1 amide bonds. The first-order chi connectivity index (χ1) is 9.77. The highest BCUT2D eigenvalue weighted by molar-refractivity contribution is 5.91. The van der Waals surface area contributed by atoms with Crippen LogP contribution < -0.4 is 11.3 Å². The number of nitrogen functional groups attached to an aromatic ring is 1. The van der Waals surface area contributed by atoms with Gasteiger partial charge in [0.2, 0.25) is 0 Å². The van der Waals surface area contributed by atoms with E-state index in [2.05, 4.69) is 10.3 Å². The van der Waals surface area contributed by atoms with Crippen LogP contribution in [-0.4, -0.2) is 61.0 Å². The zero-order valence-corrected chi connectivity index (χ0v) is 11.6. The SMILES string of the molecule is COCCOCCCOCCn1cc(C(=O)NN)nn1. The average Bonchev–Trinajstić information content (AvgIpc) is 2.93. The highest BCUT2D eigenvalue weighted by Gasteiger charge is 2.08. The van der Waals surface area contributed by atoms with E-state index in [0.29, 0.717) is 39.6 Å². The molecule has 1 rings (SSSR count). The molecule has 1 heterocycles. The van der Waals surface area contributed by atoms with E-state index in [1.54, 1.807) is 7.11 Å². The van der Waals surface area contributed by atoms with Crippen molar-refractivity contribution >= 4 is 5.91 Å². The van der Waals surface area contributed by atoms with Crippen LogP contribution in [0, 0.1) is 0 Å². The molecule has 0 fully saturated rings. The molecule has 114 valence electrons. The van der Waals surface area contributed by atoms with Crippen molar-refractivity contribution in [3.05, 3.63) is 11.9 Å². The summed E-state index contributed by atoms with van der Waals surface area (Å²) in [6, 6.07) is 0. The van der Waals surface area contributed by atoms with Gasteiger partial charge in [-0.15, -0.1) is 5.10 Å². The van der Waals surface area contributed by atoms with Crippen LogP contribution in [-0.2, 0) is 20.8 Å². The van der Waals surface area contributed by atoms with E-state index in [9.17, 15) is 4.79 Å². The normalized spacial score (nSPS) is 10.7. The number of methoxy groups -OCH3 is 1. The van der Waals surface area contributed by atoms with Gasteiger partial charge in [0.05, 0.1) is 32.6 Å². The first kappa shape index (κ1) is 16.5. The molecule has 0 bridgehead atoms. The second-order valence-electron chi connectivity index (χ2n) is 3.91. The van der Waals surface area contributed by atoms with Crippen molar-refractivity contribution in [3.63, 3.8) is 0 Å². The van der Waals surface area contributed by atoms with E-state index in [1.807, 2.05) is 5.43 Å². The predicted octanol–water partition coefficient (Wildman–Crippen LogP) is -1.05. The summed E-state index contributed by atoms with van der Waals surface area (Å²) in [5.41, 5.74) is 2.17. The molecule has 20 heavy (non-hydrogen) atoms. The Labute approximate surface area is 117 Å². The summed E-state index contributed by atoms with van der Waals surface area (Å²) in [6.45, 7) is 3.47. The van der Waals surface area contributed by atoms with Gasteiger partial charge in [-0.2, -0.15) is 0 Å². The molecular formula is C11H21N5O4. The Hall–Kier alpha value is -1.55. The molecule has 0 saturated carbocycles. The van der Waals surface area contributed by atoms with Gasteiger partial charge in [0.1, 0.15) is 0 Å². The first-order valence-electron chi connectivity index (χ1n) is 6.33. The highest BCUT2D eigenvalue weighted by atomic mass is 16.5. The van der Waals surface area contributed by atoms with Crippen LogP contribution in [0.5, 0.6) is 0 Å². The van der Waals surface area contributed by atoms with Crippen molar-refractivity contribution < 1.29 is 19.0 Å². The molecule has 1 aromatic heterocycles. The Kier molecular flexibility index (Phi) is 8.47. The number of carbonyl (C=O) groups excluding carboxylic acids is 1. The topological polar surface area (TPSA) is 114 Å². The standard InChI is InChI=1S/C11H21N5O4/c1-18-7-8-20-5-2-4-19-6-3-16-9-10(14-15-16)11(17)13-12/h9H,2-8,12H2,1H3,(H,13,17). The number of rotatable bonds is 11. The molecule has 0 aliphatic rings. The van der Waals surface area contributed by atoms with Crippen molar-refractivity contribution in [1.29, 1.82) is 0 Å². The van der Waals surface area contributed by atoms with E-state index in [-0.39, 0.29) is 5.69 Å². The Morgan fingerprint density at radius 1 is 1.30 bits per heavy atom. The van der Waals surface area contributed by atoms with Crippen LogP contribution in [0.3, 0.4) is 0 Å². The Bertz CT molecular complexity index is 385. The summed E-state index contributed by atoms with van der Waals surface area (Å²) in [7, 11) is 1.64. The van der Waals surface area contributed by atoms with Crippen molar-refractivity contribution in [1.82, 2.24) is 20.4 Å². The summed E-state index contributed by atoms with van der Waals surface area (Å²) in [5.74, 6) is 4.52. The molecule has 9 heteroatoms. The monoisotopic (exact) mass is 287 g/mol. The lowest BCUT2D eigenvalue weighted by Crippen LogP contribution is -2.30. The minimum atomic E-state index is -0.467. The molecule has 0 aliphatic carbocycles. The highest BCUT2D eigenvalue weighted by Crippen LogP contribution is 1.93.